The Morgan fingerprint density at radius 2 is 0.938 bits per heavy atom. The molecule has 0 saturated heterocycles. The molecule has 0 aliphatic carbocycles. The Balaban J connectivity index is 2.37. The van der Waals surface area contributed by atoms with E-state index < -0.39 is 0 Å². The van der Waals surface area contributed by atoms with Crippen LogP contribution in [0.3, 0.4) is 0 Å². The summed E-state index contributed by atoms with van der Waals surface area (Å²) in [6, 6.07) is 10.4. The molecule has 1 N–H and O–H groups in total. The van der Waals surface area contributed by atoms with Gasteiger partial charge in [-0.25, -0.2) is 0 Å². The number of nitrogens with one attached hydrogen (secondary N) is 1. The van der Waals surface area contributed by atoms with Crippen LogP contribution in [0.15, 0.2) is 30.3 Å². The highest BCUT2D eigenvalue weighted by Gasteiger charge is 2.15. The molecule has 1 unspecified atom stereocenters. The van der Waals surface area contributed by atoms with Crippen molar-refractivity contribution in [1.29, 1.82) is 0 Å². The van der Waals surface area contributed by atoms with Gasteiger partial charge < -0.3 is 19.1 Å². The van der Waals surface area contributed by atoms with E-state index in [-0.39, 0.29) is 24.1 Å². The number of ether oxygens (including phenoxy) is 3. The van der Waals surface area contributed by atoms with E-state index in [1.165, 1.54) is 160 Å². The van der Waals surface area contributed by atoms with Gasteiger partial charge in [0.25, 0.3) is 0 Å². The Bertz CT molecular complexity index is 1110. The number of hydrogen-bond donors (Lipinski definition) is 1. The van der Waals surface area contributed by atoms with Gasteiger partial charge in [0.05, 0.1) is 13.2 Å². The van der Waals surface area contributed by atoms with Crippen LogP contribution in [0.5, 0.6) is 0 Å². The first kappa shape index (κ1) is 60.4. The summed E-state index contributed by atoms with van der Waals surface area (Å²) < 4.78 is 21.3. The van der Waals surface area contributed by atoms with E-state index in [0.717, 1.165) is 96.3 Å². The maximum absolute atomic E-state index is 12.9. The molecule has 64 heavy (non-hydrogen) atoms. The Hall–Kier alpha value is -1.61. The molecule has 1 aromatic carbocycles. The van der Waals surface area contributed by atoms with Crippen molar-refractivity contribution < 1.29 is 23.8 Å². The minimum Gasteiger partial charge on any atom is -0.462 e. The Kier molecular flexibility index (Phi) is 45.2. The average molecular weight is 918 g/mol. The molecule has 1 rings (SSSR count). The average Bonchev–Trinajstić information content (AvgIpc) is 3.30. The van der Waals surface area contributed by atoms with Gasteiger partial charge in [-0.2, -0.15) is 0 Å². The zero-order valence-corrected chi connectivity index (χ0v) is 43.5. The molecule has 0 heterocycles. The zero-order chi connectivity index (χ0) is 46.2. The summed E-state index contributed by atoms with van der Waals surface area (Å²) in [6.45, 7) is 14.8. The first-order valence-electron chi connectivity index (χ1n) is 27.6. The number of rotatable bonds is 50. The number of carbonyl (C=O) groups excluding carboxylic acids is 2. The third kappa shape index (κ3) is 40.6. The number of esters is 2. The number of unbranched alkanes of at least 4 members (excludes halogenated alkanes) is 23. The molecule has 7 nitrogen and oxygen atoms in total. The first-order chi connectivity index (χ1) is 31.5. The lowest BCUT2D eigenvalue weighted by molar-refractivity contribution is -0.150. The van der Waals surface area contributed by atoms with Crippen molar-refractivity contribution in [2.24, 2.45) is 0 Å². The fourth-order valence-corrected chi connectivity index (χ4v) is 9.18. The molecule has 0 saturated carbocycles. The van der Waals surface area contributed by atoms with E-state index in [2.05, 4.69) is 61.6 Å². The molecule has 0 spiro atoms. The predicted octanol–water partition coefficient (Wildman–Crippen LogP) is 16.3. The summed E-state index contributed by atoms with van der Waals surface area (Å²) in [6.07, 6.45) is 40.9. The lowest BCUT2D eigenvalue weighted by Gasteiger charge is -2.22. The molecule has 0 amide bonds. The lowest BCUT2D eigenvalue weighted by atomic mass is 10.0. The van der Waals surface area contributed by atoms with Crippen molar-refractivity contribution in [3.63, 3.8) is 0 Å². The molecular formula is C56H104N2O5S. The summed E-state index contributed by atoms with van der Waals surface area (Å²) >= 11 is 1.77. The van der Waals surface area contributed by atoms with Crippen LogP contribution in [0.25, 0.3) is 0 Å². The highest BCUT2D eigenvalue weighted by molar-refractivity contribution is 7.97. The third-order valence-electron chi connectivity index (χ3n) is 12.7. The van der Waals surface area contributed by atoms with Crippen LogP contribution in [-0.2, 0) is 30.4 Å². The van der Waals surface area contributed by atoms with Gasteiger partial charge in [0.15, 0.2) is 0 Å². The second-order valence-electron chi connectivity index (χ2n) is 18.8. The van der Waals surface area contributed by atoms with Gasteiger partial charge in [0.2, 0.25) is 0 Å². The van der Waals surface area contributed by atoms with Gasteiger partial charge in [-0.05, 0) is 102 Å². The van der Waals surface area contributed by atoms with E-state index in [0.29, 0.717) is 19.4 Å². The maximum Gasteiger partial charge on any atom is 0.306 e. The molecule has 0 aromatic heterocycles. The lowest BCUT2D eigenvalue weighted by Crippen LogP contribution is -2.29. The second-order valence-corrected chi connectivity index (χ2v) is 19.8. The van der Waals surface area contributed by atoms with Gasteiger partial charge in [0, 0.05) is 25.1 Å². The van der Waals surface area contributed by atoms with Crippen molar-refractivity contribution in [1.82, 2.24) is 9.62 Å². The summed E-state index contributed by atoms with van der Waals surface area (Å²) in [4.78, 5) is 28.1. The monoisotopic (exact) mass is 917 g/mol. The summed E-state index contributed by atoms with van der Waals surface area (Å²) in [5.41, 5.74) is 1.22. The third-order valence-corrected chi connectivity index (χ3v) is 13.5. The molecule has 8 heteroatoms. The van der Waals surface area contributed by atoms with Crippen LogP contribution in [0.4, 0.5) is 0 Å². The van der Waals surface area contributed by atoms with Gasteiger partial charge in [-0.1, -0.05) is 205 Å². The molecule has 0 fully saturated rings. The number of benzene rings is 1. The smallest absolute Gasteiger partial charge is 0.306 e. The van der Waals surface area contributed by atoms with Crippen LogP contribution in [0, 0.1) is 0 Å². The molecule has 374 valence electrons. The summed E-state index contributed by atoms with van der Waals surface area (Å²) in [7, 11) is 0. The van der Waals surface area contributed by atoms with Gasteiger partial charge in [-0.15, -0.1) is 0 Å². The fraction of sp³-hybridized carbons (Fsp3) is 0.857. The SMILES string of the molecule is CCCCCCCCC(CC)OC(=O)CCCCCCCN(CCCCCCCC(=O)OC(CCCCCCCC)CCCCCCCC)CCCNSCCOCc1ccccc1. The number of carbonyl (C=O) groups is 2. The molecular weight excluding hydrogens is 813 g/mol. The van der Waals surface area contributed by atoms with Crippen molar-refractivity contribution in [3.05, 3.63) is 35.9 Å². The predicted molar refractivity (Wildman–Crippen MR) is 277 cm³/mol. The van der Waals surface area contributed by atoms with E-state index in [9.17, 15) is 9.59 Å². The Morgan fingerprint density at radius 1 is 0.516 bits per heavy atom. The molecule has 1 atom stereocenters. The van der Waals surface area contributed by atoms with Crippen LogP contribution in [-0.4, -0.2) is 67.6 Å². The largest absolute Gasteiger partial charge is 0.462 e. The minimum absolute atomic E-state index is 0.00154. The summed E-state index contributed by atoms with van der Waals surface area (Å²) in [5.74, 6) is 0.980. The van der Waals surface area contributed by atoms with E-state index in [1.54, 1.807) is 11.9 Å². The Labute approximate surface area is 401 Å². The molecule has 0 radical (unpaired) electrons. The molecule has 0 aliphatic rings. The van der Waals surface area contributed by atoms with Gasteiger partial charge in [-0.3, -0.25) is 14.3 Å². The maximum atomic E-state index is 12.9. The zero-order valence-electron chi connectivity index (χ0n) is 42.6. The van der Waals surface area contributed by atoms with E-state index in [4.69, 9.17) is 14.2 Å². The standard InChI is InChI=1S/C56H104N2O5S/c1-5-9-12-15-20-30-40-53(8-4)62-55(59)43-33-23-18-25-35-46-58(48-37-45-57-64-50-49-61-51-52-38-28-27-29-39-52)47-36-26-19-24-34-44-56(60)63-54(41-31-21-16-13-10-6-2)42-32-22-17-14-11-7-3/h27-29,38-39,53-54,57H,5-26,30-37,40-51H2,1-4H3. The van der Waals surface area contributed by atoms with Crippen molar-refractivity contribution in [2.45, 2.75) is 271 Å². The second kappa shape index (κ2) is 47.9. The molecule has 0 aliphatic heterocycles. The van der Waals surface area contributed by atoms with Crippen LogP contribution in [0.2, 0.25) is 0 Å². The van der Waals surface area contributed by atoms with Crippen LogP contribution < -0.4 is 4.72 Å². The van der Waals surface area contributed by atoms with Crippen molar-refractivity contribution in [3.8, 4) is 0 Å². The molecule has 1 aromatic rings. The van der Waals surface area contributed by atoms with E-state index in [1.807, 2.05) is 6.07 Å². The topological polar surface area (TPSA) is 77.1 Å². The highest BCUT2D eigenvalue weighted by Crippen LogP contribution is 2.19. The van der Waals surface area contributed by atoms with Crippen molar-refractivity contribution in [2.75, 3.05) is 38.5 Å². The fourth-order valence-electron chi connectivity index (χ4n) is 8.54. The number of hydrogen-bond acceptors (Lipinski definition) is 8. The minimum atomic E-state index is 0.00154. The van der Waals surface area contributed by atoms with E-state index >= 15 is 0 Å². The highest BCUT2D eigenvalue weighted by atomic mass is 32.2. The first-order valence-corrected chi connectivity index (χ1v) is 28.6. The quantitative estimate of drug-likeness (QED) is 0.0393. The van der Waals surface area contributed by atoms with Crippen LogP contribution >= 0.6 is 11.9 Å². The van der Waals surface area contributed by atoms with Gasteiger partial charge in [0.1, 0.15) is 12.2 Å². The Morgan fingerprint density at radius 3 is 1.44 bits per heavy atom. The molecule has 0 bridgehead atoms. The summed E-state index contributed by atoms with van der Waals surface area (Å²) in [5, 5.41) is 0. The van der Waals surface area contributed by atoms with Crippen LogP contribution in [0.1, 0.15) is 258 Å². The normalized spacial score (nSPS) is 12.1. The van der Waals surface area contributed by atoms with Crippen molar-refractivity contribution >= 4 is 23.9 Å². The van der Waals surface area contributed by atoms with Gasteiger partial charge >= 0.3 is 11.9 Å². The number of nitrogens with zero attached hydrogens (tertiary/aromatic N) is 1.